The van der Waals surface area contributed by atoms with Gasteiger partial charge in [0.2, 0.25) is 0 Å². The fraction of sp³-hybridized carbons (Fsp3) is 0.0714. The van der Waals surface area contributed by atoms with Gasteiger partial charge in [0, 0.05) is 22.0 Å². The van der Waals surface area contributed by atoms with Crippen molar-refractivity contribution >= 4 is 33.8 Å². The quantitative estimate of drug-likeness (QED) is 0.680. The summed E-state index contributed by atoms with van der Waals surface area (Å²) in [4.78, 5) is 5.53. The van der Waals surface area contributed by atoms with Crippen LogP contribution in [-0.4, -0.2) is 12.1 Å². The summed E-state index contributed by atoms with van der Waals surface area (Å²) in [5.74, 6) is 0.789. The van der Waals surface area contributed by atoms with Gasteiger partial charge in [-0.2, -0.15) is 0 Å². The molecule has 2 nitrogen and oxygen atoms in total. The zero-order valence-corrected chi connectivity index (χ0v) is 11.3. The number of benzene rings is 1. The Morgan fingerprint density at radius 3 is 2.78 bits per heavy atom. The summed E-state index contributed by atoms with van der Waals surface area (Å²) < 4.78 is 6.13. The van der Waals surface area contributed by atoms with Gasteiger partial charge in [-0.1, -0.05) is 17.7 Å². The summed E-state index contributed by atoms with van der Waals surface area (Å²) in [6, 6.07) is 11.9. The summed E-state index contributed by atoms with van der Waals surface area (Å²) in [5, 5.41) is 1.08. The van der Waals surface area contributed by atoms with E-state index in [1.165, 1.54) is 0 Å². The maximum atomic E-state index is 6.00. The number of methoxy groups -OCH3 is 1. The first-order valence-electron chi connectivity index (χ1n) is 5.47. The molecule has 90 valence electrons. The van der Waals surface area contributed by atoms with Crippen LogP contribution in [0.4, 0.5) is 0 Å². The van der Waals surface area contributed by atoms with E-state index in [-0.39, 0.29) is 0 Å². The molecule has 0 aliphatic rings. The molecule has 0 amide bonds. The first-order chi connectivity index (χ1) is 8.79. The van der Waals surface area contributed by atoms with Crippen LogP contribution in [0.2, 0.25) is 4.34 Å². The van der Waals surface area contributed by atoms with E-state index in [1.807, 2.05) is 36.4 Å². The molecule has 2 heterocycles. The lowest BCUT2D eigenvalue weighted by atomic mass is 10.1. The molecule has 2 aromatic heterocycles. The summed E-state index contributed by atoms with van der Waals surface area (Å²) in [5.41, 5.74) is 2.01. The summed E-state index contributed by atoms with van der Waals surface area (Å²) in [6.07, 6.45) is 1.77. The van der Waals surface area contributed by atoms with Gasteiger partial charge in [0.1, 0.15) is 11.3 Å². The predicted molar refractivity (Wildman–Crippen MR) is 76.6 cm³/mol. The zero-order chi connectivity index (χ0) is 12.5. The van der Waals surface area contributed by atoms with Gasteiger partial charge in [0.25, 0.3) is 0 Å². The Bertz CT molecular complexity index is 708. The third-order valence-corrected chi connectivity index (χ3v) is 4.06. The molecule has 4 heteroatoms. The molecule has 0 spiro atoms. The maximum Gasteiger partial charge on any atom is 0.145 e. The second-order valence-electron chi connectivity index (χ2n) is 3.82. The number of aromatic nitrogens is 1. The molecule has 0 atom stereocenters. The highest BCUT2D eigenvalue weighted by Gasteiger charge is 2.10. The Balaban J connectivity index is 2.31. The van der Waals surface area contributed by atoms with Crippen molar-refractivity contribution in [3.63, 3.8) is 0 Å². The average molecular weight is 276 g/mol. The van der Waals surface area contributed by atoms with Crippen LogP contribution in [-0.2, 0) is 0 Å². The summed E-state index contributed by atoms with van der Waals surface area (Å²) in [6.45, 7) is 0. The molecule has 3 aromatic rings. The molecule has 0 aliphatic carbocycles. The molecule has 0 N–H and O–H groups in total. The molecule has 3 rings (SSSR count). The van der Waals surface area contributed by atoms with E-state index in [2.05, 4.69) is 4.98 Å². The van der Waals surface area contributed by atoms with Gasteiger partial charge in [-0.3, -0.25) is 4.98 Å². The average Bonchev–Trinajstić information content (AvgIpc) is 2.84. The lowest BCUT2D eigenvalue weighted by molar-refractivity contribution is 0.419. The maximum absolute atomic E-state index is 6.00. The van der Waals surface area contributed by atoms with Crippen LogP contribution in [0.25, 0.3) is 21.3 Å². The van der Waals surface area contributed by atoms with E-state index in [1.54, 1.807) is 24.6 Å². The van der Waals surface area contributed by atoms with Gasteiger partial charge in [-0.25, -0.2) is 0 Å². The normalized spacial score (nSPS) is 10.8. The van der Waals surface area contributed by atoms with E-state index in [9.17, 15) is 0 Å². The minimum absolute atomic E-state index is 0.789. The van der Waals surface area contributed by atoms with Crippen LogP contribution >= 0.6 is 22.9 Å². The Morgan fingerprint density at radius 1 is 1.17 bits per heavy atom. The molecular formula is C14H10ClNOS. The van der Waals surface area contributed by atoms with E-state index >= 15 is 0 Å². The molecule has 0 bridgehead atoms. The monoisotopic (exact) mass is 275 g/mol. The Morgan fingerprint density at radius 2 is 2.06 bits per heavy atom. The standard InChI is InChI=1S/C14H10ClNOS/c1-17-11-5-4-9(12-6-7-13(15)18-12)10-3-2-8-16-14(10)11/h2-8H,1H3. The van der Waals surface area contributed by atoms with Gasteiger partial charge in [-0.05, 0) is 30.3 Å². The first kappa shape index (κ1) is 11.5. The van der Waals surface area contributed by atoms with Gasteiger partial charge in [-0.15, -0.1) is 11.3 Å². The minimum Gasteiger partial charge on any atom is -0.494 e. The lowest BCUT2D eigenvalue weighted by Crippen LogP contribution is -1.88. The van der Waals surface area contributed by atoms with Crippen molar-refractivity contribution in [1.82, 2.24) is 4.98 Å². The highest BCUT2D eigenvalue weighted by atomic mass is 35.5. The second kappa shape index (κ2) is 4.59. The smallest absolute Gasteiger partial charge is 0.145 e. The highest BCUT2D eigenvalue weighted by Crippen LogP contribution is 2.37. The van der Waals surface area contributed by atoms with Crippen LogP contribution in [0.15, 0.2) is 42.6 Å². The molecule has 0 fully saturated rings. The molecule has 1 aromatic carbocycles. The second-order valence-corrected chi connectivity index (χ2v) is 5.53. The summed E-state index contributed by atoms with van der Waals surface area (Å²) in [7, 11) is 1.66. The number of hydrogen-bond donors (Lipinski definition) is 0. The summed E-state index contributed by atoms with van der Waals surface area (Å²) >= 11 is 7.56. The number of ether oxygens (including phenoxy) is 1. The molecule has 0 unspecified atom stereocenters. The van der Waals surface area contributed by atoms with Crippen LogP contribution < -0.4 is 4.74 Å². The van der Waals surface area contributed by atoms with Gasteiger partial charge < -0.3 is 4.74 Å². The molecule has 0 radical (unpaired) electrons. The lowest BCUT2D eigenvalue weighted by Gasteiger charge is -2.08. The largest absolute Gasteiger partial charge is 0.494 e. The van der Waals surface area contributed by atoms with Gasteiger partial charge in [0.15, 0.2) is 0 Å². The Kier molecular flexibility index (Phi) is 2.94. The highest BCUT2D eigenvalue weighted by molar-refractivity contribution is 7.19. The molecule has 0 saturated heterocycles. The Hall–Kier alpha value is -1.58. The number of rotatable bonds is 2. The molecular weight excluding hydrogens is 266 g/mol. The van der Waals surface area contributed by atoms with Gasteiger partial charge in [0.05, 0.1) is 11.4 Å². The van der Waals surface area contributed by atoms with Crippen molar-refractivity contribution in [1.29, 1.82) is 0 Å². The van der Waals surface area contributed by atoms with E-state index in [4.69, 9.17) is 16.3 Å². The number of halogens is 1. The van der Waals surface area contributed by atoms with Crippen LogP contribution in [0.3, 0.4) is 0 Å². The fourth-order valence-corrected chi connectivity index (χ4v) is 3.07. The van der Waals surface area contributed by atoms with Crippen molar-refractivity contribution in [3.05, 3.63) is 46.9 Å². The SMILES string of the molecule is COc1ccc(-c2ccc(Cl)s2)c2cccnc12. The van der Waals surface area contributed by atoms with Crippen molar-refractivity contribution in [2.24, 2.45) is 0 Å². The third kappa shape index (κ3) is 1.85. The molecule has 0 aliphatic heterocycles. The van der Waals surface area contributed by atoms with E-state index in [0.717, 1.165) is 31.4 Å². The number of hydrogen-bond acceptors (Lipinski definition) is 3. The van der Waals surface area contributed by atoms with Gasteiger partial charge >= 0.3 is 0 Å². The number of fused-ring (bicyclic) bond motifs is 1. The number of pyridine rings is 1. The topological polar surface area (TPSA) is 22.1 Å². The Labute approximate surface area is 114 Å². The molecule has 18 heavy (non-hydrogen) atoms. The van der Waals surface area contributed by atoms with E-state index < -0.39 is 0 Å². The third-order valence-electron chi connectivity index (χ3n) is 2.79. The van der Waals surface area contributed by atoms with Crippen molar-refractivity contribution in [3.8, 4) is 16.2 Å². The minimum atomic E-state index is 0.789. The number of nitrogens with zero attached hydrogens (tertiary/aromatic N) is 1. The van der Waals surface area contributed by atoms with Crippen LogP contribution in [0.1, 0.15) is 0 Å². The van der Waals surface area contributed by atoms with Crippen molar-refractivity contribution < 1.29 is 4.74 Å². The van der Waals surface area contributed by atoms with Crippen LogP contribution in [0, 0.1) is 0 Å². The number of thiophene rings is 1. The zero-order valence-electron chi connectivity index (χ0n) is 9.68. The first-order valence-corrected chi connectivity index (χ1v) is 6.66. The van der Waals surface area contributed by atoms with Crippen LogP contribution in [0.5, 0.6) is 5.75 Å². The fourth-order valence-electron chi connectivity index (χ4n) is 1.99. The van der Waals surface area contributed by atoms with Crippen molar-refractivity contribution in [2.45, 2.75) is 0 Å². The predicted octanol–water partition coefficient (Wildman–Crippen LogP) is 4.63. The molecule has 0 saturated carbocycles. The van der Waals surface area contributed by atoms with E-state index in [0.29, 0.717) is 0 Å². The van der Waals surface area contributed by atoms with Crippen molar-refractivity contribution in [2.75, 3.05) is 7.11 Å².